The number of hydrogen-bond donors (Lipinski definition) is 0. The maximum absolute atomic E-state index is 14.7. The van der Waals surface area contributed by atoms with Crippen molar-refractivity contribution in [3.8, 4) is 5.75 Å². The van der Waals surface area contributed by atoms with Gasteiger partial charge < -0.3 is 14.4 Å². The van der Waals surface area contributed by atoms with Crippen LogP contribution in [0.2, 0.25) is 10.0 Å². The SMILES string of the molecule is C=C(OC)c1cc(C2CC2)c(O[C@@H]2CCCN(c3cc(Cl)cc(Cl)c3)C2)cc1F. The van der Waals surface area contributed by atoms with Gasteiger partial charge >= 0.3 is 0 Å². The summed E-state index contributed by atoms with van der Waals surface area (Å²) < 4.78 is 26.1. The lowest BCUT2D eigenvalue weighted by Crippen LogP contribution is -2.41. The molecule has 1 aliphatic heterocycles. The molecule has 0 spiro atoms. The lowest BCUT2D eigenvalue weighted by Gasteiger charge is -2.35. The molecule has 2 aliphatic rings. The molecule has 4 rings (SSSR count). The first-order valence-electron chi connectivity index (χ1n) is 9.89. The highest BCUT2D eigenvalue weighted by molar-refractivity contribution is 6.35. The van der Waals surface area contributed by atoms with E-state index >= 15 is 0 Å². The van der Waals surface area contributed by atoms with Crippen LogP contribution in [-0.4, -0.2) is 26.3 Å². The van der Waals surface area contributed by atoms with Gasteiger partial charge in [-0.2, -0.15) is 0 Å². The van der Waals surface area contributed by atoms with Crippen molar-refractivity contribution in [2.24, 2.45) is 0 Å². The second-order valence-electron chi connectivity index (χ2n) is 7.73. The highest BCUT2D eigenvalue weighted by atomic mass is 35.5. The summed E-state index contributed by atoms with van der Waals surface area (Å²) in [7, 11) is 1.50. The van der Waals surface area contributed by atoms with Crippen LogP contribution in [0, 0.1) is 5.82 Å². The average Bonchev–Trinajstić information content (AvgIpc) is 3.52. The van der Waals surface area contributed by atoms with E-state index in [1.54, 1.807) is 6.07 Å². The Morgan fingerprint density at radius 3 is 2.48 bits per heavy atom. The van der Waals surface area contributed by atoms with Gasteiger partial charge in [0.15, 0.2) is 0 Å². The number of anilines is 1. The zero-order valence-electron chi connectivity index (χ0n) is 16.4. The van der Waals surface area contributed by atoms with Crippen LogP contribution in [-0.2, 0) is 4.74 Å². The van der Waals surface area contributed by atoms with Crippen molar-refractivity contribution in [3.05, 3.63) is 63.9 Å². The molecule has 1 aliphatic carbocycles. The van der Waals surface area contributed by atoms with Crippen LogP contribution >= 0.6 is 23.2 Å². The third-order valence-corrected chi connectivity index (χ3v) is 5.98. The number of hydrogen-bond acceptors (Lipinski definition) is 3. The second kappa shape index (κ2) is 8.45. The maximum Gasteiger partial charge on any atom is 0.137 e. The molecular formula is C23H24Cl2FNO2. The fourth-order valence-corrected chi connectivity index (χ4v) is 4.40. The summed E-state index contributed by atoms with van der Waals surface area (Å²) in [6.07, 6.45) is 4.06. The minimum Gasteiger partial charge on any atom is -0.497 e. The number of methoxy groups -OCH3 is 1. The number of piperidine rings is 1. The van der Waals surface area contributed by atoms with E-state index in [0.29, 0.717) is 39.6 Å². The Hall–Kier alpha value is -1.91. The Labute approximate surface area is 181 Å². The highest BCUT2D eigenvalue weighted by Gasteiger charge is 2.30. The normalized spacial score (nSPS) is 19.2. The van der Waals surface area contributed by atoms with E-state index in [9.17, 15) is 4.39 Å². The fraction of sp³-hybridized carbons (Fsp3) is 0.391. The predicted molar refractivity (Wildman–Crippen MR) is 117 cm³/mol. The van der Waals surface area contributed by atoms with Crippen LogP contribution in [0.5, 0.6) is 5.75 Å². The number of benzene rings is 2. The summed E-state index contributed by atoms with van der Waals surface area (Å²) in [5.74, 6) is 1.01. The Morgan fingerprint density at radius 2 is 1.83 bits per heavy atom. The van der Waals surface area contributed by atoms with Gasteiger partial charge in [0.2, 0.25) is 0 Å². The molecule has 0 aromatic heterocycles. The first-order chi connectivity index (χ1) is 13.9. The first kappa shape index (κ1) is 20.4. The molecule has 0 N–H and O–H groups in total. The first-order valence-corrected chi connectivity index (χ1v) is 10.6. The van der Waals surface area contributed by atoms with E-state index in [1.165, 1.54) is 13.2 Å². The summed E-state index contributed by atoms with van der Waals surface area (Å²) in [6, 6.07) is 8.88. The molecule has 2 aromatic carbocycles. The van der Waals surface area contributed by atoms with Crippen molar-refractivity contribution in [2.45, 2.75) is 37.7 Å². The predicted octanol–water partition coefficient (Wildman–Crippen LogP) is 6.67. The summed E-state index contributed by atoms with van der Waals surface area (Å²) in [5.41, 5.74) is 2.43. The van der Waals surface area contributed by atoms with E-state index in [-0.39, 0.29) is 11.9 Å². The van der Waals surface area contributed by atoms with Crippen molar-refractivity contribution in [1.82, 2.24) is 0 Å². The fourth-order valence-electron chi connectivity index (χ4n) is 3.88. The molecule has 2 fully saturated rings. The maximum atomic E-state index is 14.7. The lowest BCUT2D eigenvalue weighted by atomic mass is 10.0. The van der Waals surface area contributed by atoms with Gasteiger partial charge in [-0.1, -0.05) is 29.8 Å². The summed E-state index contributed by atoms with van der Waals surface area (Å²) in [4.78, 5) is 2.22. The molecule has 3 nitrogen and oxygen atoms in total. The molecule has 1 saturated carbocycles. The van der Waals surface area contributed by atoms with Gasteiger partial charge in [0, 0.05) is 28.3 Å². The third-order valence-electron chi connectivity index (χ3n) is 5.55. The minimum atomic E-state index is -0.370. The van der Waals surface area contributed by atoms with Gasteiger partial charge in [-0.25, -0.2) is 4.39 Å². The monoisotopic (exact) mass is 435 g/mol. The van der Waals surface area contributed by atoms with Gasteiger partial charge in [-0.3, -0.25) is 0 Å². The largest absolute Gasteiger partial charge is 0.497 e. The number of rotatable bonds is 6. The van der Waals surface area contributed by atoms with Crippen LogP contribution in [0.1, 0.15) is 42.7 Å². The lowest BCUT2D eigenvalue weighted by molar-refractivity contribution is 0.177. The zero-order valence-corrected chi connectivity index (χ0v) is 17.9. The molecule has 0 unspecified atom stereocenters. The Kier molecular flexibility index (Phi) is 5.93. The second-order valence-corrected chi connectivity index (χ2v) is 8.60. The zero-order chi connectivity index (χ0) is 20.5. The van der Waals surface area contributed by atoms with E-state index in [1.807, 2.05) is 18.2 Å². The van der Waals surface area contributed by atoms with Crippen molar-refractivity contribution in [3.63, 3.8) is 0 Å². The van der Waals surface area contributed by atoms with Gasteiger partial charge in [-0.05, 0) is 61.4 Å². The number of nitrogens with zero attached hydrogens (tertiary/aromatic N) is 1. The van der Waals surface area contributed by atoms with Gasteiger partial charge in [-0.15, -0.1) is 0 Å². The van der Waals surface area contributed by atoms with E-state index in [4.69, 9.17) is 32.7 Å². The molecule has 29 heavy (non-hydrogen) atoms. The van der Waals surface area contributed by atoms with Crippen molar-refractivity contribution >= 4 is 34.6 Å². The van der Waals surface area contributed by atoms with E-state index in [0.717, 1.165) is 43.5 Å². The van der Waals surface area contributed by atoms with Gasteiger partial charge in [0.05, 0.1) is 19.2 Å². The van der Waals surface area contributed by atoms with Crippen LogP contribution in [0.15, 0.2) is 36.9 Å². The minimum absolute atomic E-state index is 0.0325. The Balaban J connectivity index is 1.55. The van der Waals surface area contributed by atoms with E-state index < -0.39 is 0 Å². The van der Waals surface area contributed by atoms with Crippen LogP contribution < -0.4 is 9.64 Å². The van der Waals surface area contributed by atoms with Gasteiger partial charge in [0.25, 0.3) is 0 Å². The highest BCUT2D eigenvalue weighted by Crippen LogP contribution is 2.46. The molecule has 1 saturated heterocycles. The smallest absolute Gasteiger partial charge is 0.137 e. The quantitative estimate of drug-likeness (QED) is 0.472. The molecule has 0 amide bonds. The third kappa shape index (κ3) is 4.65. The number of halogens is 3. The van der Waals surface area contributed by atoms with E-state index in [2.05, 4.69) is 11.5 Å². The summed E-state index contributed by atoms with van der Waals surface area (Å²) in [6.45, 7) is 5.41. The molecule has 2 aromatic rings. The summed E-state index contributed by atoms with van der Waals surface area (Å²) in [5, 5.41) is 1.23. The van der Waals surface area contributed by atoms with Gasteiger partial charge in [0.1, 0.15) is 23.4 Å². The average molecular weight is 436 g/mol. The Bertz CT molecular complexity index is 909. The molecule has 1 atom stereocenters. The molecule has 6 heteroatoms. The van der Waals surface area contributed by atoms with Crippen molar-refractivity contribution in [2.75, 3.05) is 25.1 Å². The summed E-state index contributed by atoms with van der Waals surface area (Å²) >= 11 is 12.3. The van der Waals surface area contributed by atoms with Crippen LogP contribution in [0.3, 0.4) is 0 Å². The van der Waals surface area contributed by atoms with Crippen molar-refractivity contribution in [1.29, 1.82) is 0 Å². The molecule has 0 radical (unpaired) electrons. The van der Waals surface area contributed by atoms with Crippen LogP contribution in [0.4, 0.5) is 10.1 Å². The standard InChI is InChI=1S/C23H24Cl2FNO2/c1-14(28-2)20-11-21(15-5-6-15)23(12-22(20)26)29-19-4-3-7-27(13-19)18-9-16(24)8-17(25)10-18/h8-12,15,19H,1,3-7,13H2,2H3/t19-/m1/s1. The molecular weight excluding hydrogens is 412 g/mol. The topological polar surface area (TPSA) is 21.7 Å². The Morgan fingerprint density at radius 1 is 1.10 bits per heavy atom. The van der Waals surface area contributed by atoms with Crippen molar-refractivity contribution < 1.29 is 13.9 Å². The van der Waals surface area contributed by atoms with Crippen LogP contribution in [0.25, 0.3) is 5.76 Å². The molecule has 154 valence electrons. The number of ether oxygens (including phenoxy) is 2. The molecule has 0 bridgehead atoms. The molecule has 1 heterocycles.